The molecule has 1 aromatic carbocycles. The molecule has 1 aromatic heterocycles. The molecule has 0 bridgehead atoms. The van der Waals surface area contributed by atoms with Crippen molar-refractivity contribution >= 4 is 17.0 Å². The lowest BCUT2D eigenvalue weighted by atomic mass is 9.79. The number of nitrogens with zero attached hydrogens (tertiary/aromatic N) is 1. The van der Waals surface area contributed by atoms with Crippen LogP contribution in [0.15, 0.2) is 24.4 Å². The fraction of sp³-hybridized carbons (Fsp3) is 0.600. The third-order valence-corrected chi connectivity index (χ3v) is 6.35. The van der Waals surface area contributed by atoms with E-state index in [1.165, 1.54) is 5.56 Å². The second-order valence-corrected chi connectivity index (χ2v) is 9.96. The highest BCUT2D eigenvalue weighted by molar-refractivity contribution is 5.85. The third kappa shape index (κ3) is 5.41. The van der Waals surface area contributed by atoms with Crippen LogP contribution in [0.4, 0.5) is 4.79 Å². The number of nitrogens with one attached hydrogen (secondary N) is 1. The van der Waals surface area contributed by atoms with Gasteiger partial charge in [0.05, 0.1) is 25.4 Å². The van der Waals surface area contributed by atoms with Crippen LogP contribution in [-0.4, -0.2) is 36.4 Å². The van der Waals surface area contributed by atoms with Gasteiger partial charge >= 0.3 is 6.09 Å². The number of aromatic nitrogens is 1. The minimum Gasteiger partial charge on any atom is -0.497 e. The summed E-state index contributed by atoms with van der Waals surface area (Å²) in [5, 5.41) is 4.17. The molecule has 1 aliphatic carbocycles. The normalized spacial score (nSPS) is 23.5. The molecule has 1 unspecified atom stereocenters. The molecule has 2 aromatic rings. The molecule has 2 aliphatic rings. The van der Waals surface area contributed by atoms with Crippen LogP contribution in [0, 0.1) is 11.8 Å². The summed E-state index contributed by atoms with van der Waals surface area (Å²) in [5.74, 6) is 2.93. The van der Waals surface area contributed by atoms with Gasteiger partial charge in [-0.15, -0.1) is 0 Å². The van der Waals surface area contributed by atoms with Crippen molar-refractivity contribution in [2.75, 3.05) is 13.7 Å². The van der Waals surface area contributed by atoms with Crippen LogP contribution in [0.3, 0.4) is 0 Å². The Labute approximate surface area is 184 Å². The van der Waals surface area contributed by atoms with E-state index in [9.17, 15) is 4.79 Å². The molecule has 1 N–H and O–H groups in total. The van der Waals surface area contributed by atoms with E-state index in [1.54, 1.807) is 7.11 Å². The summed E-state index contributed by atoms with van der Waals surface area (Å²) in [5.41, 5.74) is 1.78. The standard InChI is InChI=1S/C25H34N2O4/c1-25(2,3)31-24(28)27-18-7-5-16(6-8-18)11-17-12-21-20-13-19(29-4)9-10-22(20)26-14-23(21)30-15-17/h9-10,13-14,16-18H,5-8,11-12,15H2,1-4H3,(H,27,28). The summed E-state index contributed by atoms with van der Waals surface area (Å²) in [7, 11) is 1.69. The molecule has 1 aliphatic heterocycles. The molecule has 6 heteroatoms. The van der Waals surface area contributed by atoms with Crippen LogP contribution < -0.4 is 14.8 Å². The van der Waals surface area contributed by atoms with Gasteiger partial charge in [-0.05, 0) is 89.3 Å². The molecule has 0 radical (unpaired) electrons. The zero-order chi connectivity index (χ0) is 22.0. The first kappa shape index (κ1) is 21.7. The Morgan fingerprint density at radius 1 is 1.19 bits per heavy atom. The monoisotopic (exact) mass is 426 g/mol. The van der Waals surface area contributed by atoms with E-state index in [4.69, 9.17) is 14.2 Å². The number of fused-ring (bicyclic) bond motifs is 3. The number of alkyl carbamates (subject to hydrolysis) is 1. The van der Waals surface area contributed by atoms with Gasteiger partial charge in [-0.1, -0.05) is 0 Å². The highest BCUT2D eigenvalue weighted by Gasteiger charge is 2.29. The first-order valence-electron chi connectivity index (χ1n) is 11.4. The van der Waals surface area contributed by atoms with E-state index in [0.29, 0.717) is 11.8 Å². The van der Waals surface area contributed by atoms with Gasteiger partial charge in [0.25, 0.3) is 0 Å². The van der Waals surface area contributed by atoms with Crippen molar-refractivity contribution in [1.82, 2.24) is 10.3 Å². The lowest BCUT2D eigenvalue weighted by molar-refractivity contribution is 0.0484. The smallest absolute Gasteiger partial charge is 0.407 e. The molecule has 0 spiro atoms. The van der Waals surface area contributed by atoms with Crippen LogP contribution in [0.2, 0.25) is 0 Å². The van der Waals surface area contributed by atoms with E-state index in [-0.39, 0.29) is 12.1 Å². The molecule has 1 fully saturated rings. The van der Waals surface area contributed by atoms with Crippen LogP contribution in [0.25, 0.3) is 10.9 Å². The molecule has 168 valence electrons. The lowest BCUT2D eigenvalue weighted by Gasteiger charge is -2.33. The number of pyridine rings is 1. The molecular formula is C25H34N2O4. The quantitative estimate of drug-likeness (QED) is 0.721. The van der Waals surface area contributed by atoms with Gasteiger partial charge in [-0.25, -0.2) is 4.79 Å². The first-order valence-corrected chi connectivity index (χ1v) is 11.4. The molecular weight excluding hydrogens is 392 g/mol. The van der Waals surface area contributed by atoms with E-state index >= 15 is 0 Å². The van der Waals surface area contributed by atoms with Crippen molar-refractivity contribution in [3.63, 3.8) is 0 Å². The molecule has 1 amide bonds. The van der Waals surface area contributed by atoms with E-state index in [0.717, 1.165) is 67.5 Å². The largest absolute Gasteiger partial charge is 0.497 e. The zero-order valence-corrected chi connectivity index (χ0v) is 19.1. The number of methoxy groups -OCH3 is 1. The summed E-state index contributed by atoms with van der Waals surface area (Å²) < 4.78 is 16.9. The number of ether oxygens (including phenoxy) is 3. The van der Waals surface area contributed by atoms with Crippen molar-refractivity contribution in [1.29, 1.82) is 0 Å². The summed E-state index contributed by atoms with van der Waals surface area (Å²) in [6.07, 6.45) is 8.02. The maximum absolute atomic E-state index is 12.0. The van der Waals surface area contributed by atoms with Crippen LogP contribution in [-0.2, 0) is 11.2 Å². The van der Waals surface area contributed by atoms with Crippen molar-refractivity contribution in [3.8, 4) is 11.5 Å². The Kier molecular flexibility index (Phi) is 6.26. The number of hydrogen-bond donors (Lipinski definition) is 1. The predicted molar refractivity (Wildman–Crippen MR) is 121 cm³/mol. The van der Waals surface area contributed by atoms with Crippen molar-refractivity contribution in [3.05, 3.63) is 30.0 Å². The SMILES string of the molecule is COc1ccc2ncc3c(c2c1)CC(CC1CCC(NC(=O)OC(C)(C)C)CC1)CO3. The highest BCUT2D eigenvalue weighted by atomic mass is 16.6. The maximum atomic E-state index is 12.0. The van der Waals surface area contributed by atoms with Gasteiger partial charge in [0.1, 0.15) is 17.1 Å². The molecule has 31 heavy (non-hydrogen) atoms. The molecule has 6 nitrogen and oxygen atoms in total. The van der Waals surface area contributed by atoms with Crippen molar-refractivity contribution in [2.45, 2.75) is 70.9 Å². The second-order valence-electron chi connectivity index (χ2n) is 9.96. The number of hydrogen-bond acceptors (Lipinski definition) is 5. The minimum atomic E-state index is -0.456. The van der Waals surface area contributed by atoms with Gasteiger partial charge < -0.3 is 19.5 Å². The van der Waals surface area contributed by atoms with E-state index in [1.807, 2.05) is 39.1 Å². The average molecular weight is 427 g/mol. The Hall–Kier alpha value is -2.50. The highest BCUT2D eigenvalue weighted by Crippen LogP contribution is 2.38. The van der Waals surface area contributed by atoms with E-state index < -0.39 is 5.60 Å². The topological polar surface area (TPSA) is 69.7 Å². The van der Waals surface area contributed by atoms with Gasteiger partial charge in [0, 0.05) is 17.0 Å². The fourth-order valence-electron chi connectivity index (χ4n) is 4.86. The predicted octanol–water partition coefficient (Wildman–Crippen LogP) is 5.27. The van der Waals surface area contributed by atoms with E-state index in [2.05, 4.69) is 16.4 Å². The fourth-order valence-corrected chi connectivity index (χ4v) is 4.86. The maximum Gasteiger partial charge on any atom is 0.407 e. The van der Waals surface area contributed by atoms with Gasteiger partial charge in [-0.3, -0.25) is 4.98 Å². The zero-order valence-electron chi connectivity index (χ0n) is 19.1. The average Bonchev–Trinajstić information content (AvgIpc) is 2.73. The van der Waals surface area contributed by atoms with Gasteiger partial charge in [0.2, 0.25) is 0 Å². The number of carbonyl (C=O) groups is 1. The molecule has 0 saturated heterocycles. The van der Waals surface area contributed by atoms with Crippen LogP contribution in [0.5, 0.6) is 11.5 Å². The molecule has 1 saturated carbocycles. The number of benzene rings is 1. The summed E-state index contributed by atoms with van der Waals surface area (Å²) >= 11 is 0. The van der Waals surface area contributed by atoms with Crippen molar-refractivity contribution in [2.24, 2.45) is 11.8 Å². The molecule has 4 rings (SSSR count). The van der Waals surface area contributed by atoms with Gasteiger partial charge in [0.15, 0.2) is 0 Å². The Bertz CT molecular complexity index is 924. The second kappa shape index (κ2) is 8.93. The summed E-state index contributed by atoms with van der Waals surface area (Å²) in [4.78, 5) is 16.6. The number of carbonyl (C=O) groups excluding carboxylic acids is 1. The number of amides is 1. The lowest BCUT2D eigenvalue weighted by Crippen LogP contribution is -2.41. The molecule has 2 heterocycles. The Morgan fingerprint density at radius 2 is 1.97 bits per heavy atom. The summed E-state index contributed by atoms with van der Waals surface area (Å²) in [6, 6.07) is 6.25. The van der Waals surface area contributed by atoms with Crippen LogP contribution in [0.1, 0.15) is 58.4 Å². The molecule has 1 atom stereocenters. The Morgan fingerprint density at radius 3 is 2.68 bits per heavy atom. The first-order chi connectivity index (χ1) is 14.8. The third-order valence-electron chi connectivity index (χ3n) is 6.35. The minimum absolute atomic E-state index is 0.219. The number of rotatable bonds is 4. The van der Waals surface area contributed by atoms with Crippen molar-refractivity contribution < 1.29 is 19.0 Å². The Balaban J connectivity index is 1.33. The van der Waals surface area contributed by atoms with Crippen LogP contribution >= 0.6 is 0 Å². The van der Waals surface area contributed by atoms with Gasteiger partial charge in [-0.2, -0.15) is 0 Å². The summed E-state index contributed by atoms with van der Waals surface area (Å²) in [6.45, 7) is 6.43.